The second-order valence-corrected chi connectivity index (χ2v) is 2.78. The van der Waals surface area contributed by atoms with Gasteiger partial charge in [0.25, 0.3) is 0 Å². The third-order valence-electron chi connectivity index (χ3n) is 1.91. The van der Waals surface area contributed by atoms with E-state index in [4.69, 9.17) is 5.11 Å². The van der Waals surface area contributed by atoms with Gasteiger partial charge in [-0.25, -0.2) is 9.78 Å². The van der Waals surface area contributed by atoms with Crippen molar-refractivity contribution < 1.29 is 9.90 Å². The highest BCUT2D eigenvalue weighted by Crippen LogP contribution is 2.10. The summed E-state index contributed by atoms with van der Waals surface area (Å²) in [5.74, 6) is -0.948. The van der Waals surface area contributed by atoms with Crippen LogP contribution in [0.2, 0.25) is 0 Å². The molecule has 1 N–H and O–H groups in total. The second-order valence-electron chi connectivity index (χ2n) is 2.78. The largest absolute Gasteiger partial charge is 0.477 e. The van der Waals surface area contributed by atoms with Gasteiger partial charge in [-0.1, -0.05) is 6.07 Å². The number of aromatic nitrogens is 2. The molecule has 0 aliphatic carbocycles. The maximum Gasteiger partial charge on any atom is 0.354 e. The van der Waals surface area contributed by atoms with E-state index in [2.05, 4.69) is 4.98 Å². The van der Waals surface area contributed by atoms with Crippen LogP contribution < -0.4 is 0 Å². The summed E-state index contributed by atoms with van der Waals surface area (Å²) in [5.41, 5.74) is 1.44. The molecule has 0 saturated carbocycles. The molecule has 0 aromatic carbocycles. The highest BCUT2D eigenvalue weighted by molar-refractivity contribution is 5.88. The van der Waals surface area contributed by atoms with Gasteiger partial charge >= 0.3 is 5.97 Å². The van der Waals surface area contributed by atoms with E-state index in [1.165, 1.54) is 0 Å². The van der Waals surface area contributed by atoms with Crippen molar-refractivity contribution in [1.82, 2.24) is 9.38 Å². The Labute approximate surface area is 74.5 Å². The minimum atomic E-state index is -0.948. The van der Waals surface area contributed by atoms with E-state index < -0.39 is 5.97 Å². The second kappa shape index (κ2) is 2.58. The standard InChI is InChI=1S/C9H8N2O2/c1-6-8(9(12)13)11-5-3-2-4-7(11)10-6/h2-5H,1H3,(H,12,13). The van der Waals surface area contributed by atoms with Crippen molar-refractivity contribution in [2.45, 2.75) is 6.92 Å². The minimum absolute atomic E-state index is 0.232. The first-order valence-corrected chi connectivity index (χ1v) is 3.87. The number of aryl methyl sites for hydroxylation is 1. The van der Waals surface area contributed by atoms with Crippen LogP contribution in [0.3, 0.4) is 0 Å². The lowest BCUT2D eigenvalue weighted by Gasteiger charge is -1.94. The normalized spacial score (nSPS) is 10.5. The Morgan fingerprint density at radius 1 is 1.54 bits per heavy atom. The van der Waals surface area contributed by atoms with Gasteiger partial charge in [-0.2, -0.15) is 0 Å². The van der Waals surface area contributed by atoms with Crippen LogP contribution in [0.5, 0.6) is 0 Å². The summed E-state index contributed by atoms with van der Waals surface area (Å²) in [6, 6.07) is 5.38. The quantitative estimate of drug-likeness (QED) is 0.713. The Morgan fingerprint density at radius 2 is 2.31 bits per heavy atom. The summed E-state index contributed by atoms with van der Waals surface area (Å²) in [7, 11) is 0. The number of aromatic carboxylic acids is 1. The Morgan fingerprint density at radius 3 is 3.00 bits per heavy atom. The zero-order valence-electron chi connectivity index (χ0n) is 7.06. The van der Waals surface area contributed by atoms with Crippen LogP contribution in [-0.2, 0) is 0 Å². The Kier molecular flexibility index (Phi) is 1.55. The molecule has 0 aliphatic rings. The summed E-state index contributed by atoms with van der Waals surface area (Å²) < 4.78 is 1.57. The molecule has 13 heavy (non-hydrogen) atoms. The number of hydrogen-bond acceptors (Lipinski definition) is 2. The Hall–Kier alpha value is -1.84. The number of nitrogens with zero attached hydrogens (tertiary/aromatic N) is 2. The molecule has 0 spiro atoms. The van der Waals surface area contributed by atoms with Crippen LogP contribution >= 0.6 is 0 Å². The summed E-state index contributed by atoms with van der Waals surface area (Å²) in [6.45, 7) is 1.69. The lowest BCUT2D eigenvalue weighted by molar-refractivity contribution is 0.0688. The first-order valence-electron chi connectivity index (χ1n) is 3.87. The van der Waals surface area contributed by atoms with Gasteiger partial charge in [-0.05, 0) is 19.1 Å². The monoisotopic (exact) mass is 176 g/mol. The third kappa shape index (κ3) is 1.07. The molecule has 0 bridgehead atoms. The van der Waals surface area contributed by atoms with Gasteiger partial charge in [-0.3, -0.25) is 4.40 Å². The molecule has 0 saturated heterocycles. The number of imidazole rings is 1. The van der Waals surface area contributed by atoms with Gasteiger partial charge in [0, 0.05) is 6.20 Å². The average Bonchev–Trinajstić information content (AvgIpc) is 2.39. The van der Waals surface area contributed by atoms with Crippen molar-refractivity contribution in [2.24, 2.45) is 0 Å². The number of pyridine rings is 1. The van der Waals surface area contributed by atoms with Gasteiger partial charge in [0.2, 0.25) is 0 Å². The first-order chi connectivity index (χ1) is 6.20. The van der Waals surface area contributed by atoms with Gasteiger partial charge in [0.15, 0.2) is 5.69 Å². The van der Waals surface area contributed by atoms with Crippen molar-refractivity contribution in [3.05, 3.63) is 35.8 Å². The average molecular weight is 176 g/mol. The van der Waals surface area contributed by atoms with Crippen molar-refractivity contribution in [1.29, 1.82) is 0 Å². The van der Waals surface area contributed by atoms with Gasteiger partial charge in [0.1, 0.15) is 5.65 Å². The highest BCUT2D eigenvalue weighted by Gasteiger charge is 2.13. The number of carbonyl (C=O) groups is 1. The summed E-state index contributed by atoms with van der Waals surface area (Å²) in [4.78, 5) is 15.0. The van der Waals surface area contributed by atoms with Crippen LogP contribution in [-0.4, -0.2) is 20.5 Å². The number of carboxylic acid groups (broad SMARTS) is 1. The molecule has 0 amide bonds. The van der Waals surface area contributed by atoms with E-state index >= 15 is 0 Å². The van der Waals surface area contributed by atoms with E-state index in [0.29, 0.717) is 11.3 Å². The van der Waals surface area contributed by atoms with E-state index in [-0.39, 0.29) is 5.69 Å². The lowest BCUT2D eigenvalue weighted by Crippen LogP contribution is -2.02. The molecule has 66 valence electrons. The van der Waals surface area contributed by atoms with Gasteiger partial charge in [0.05, 0.1) is 5.69 Å². The minimum Gasteiger partial charge on any atom is -0.477 e. The van der Waals surface area contributed by atoms with Crippen molar-refractivity contribution in [2.75, 3.05) is 0 Å². The van der Waals surface area contributed by atoms with E-state index in [1.54, 1.807) is 29.7 Å². The zero-order valence-corrected chi connectivity index (χ0v) is 7.06. The predicted octanol–water partition coefficient (Wildman–Crippen LogP) is 1.34. The smallest absolute Gasteiger partial charge is 0.354 e. The molecule has 4 nitrogen and oxygen atoms in total. The lowest BCUT2D eigenvalue weighted by atomic mass is 10.3. The molecular formula is C9H8N2O2. The molecule has 4 heteroatoms. The van der Waals surface area contributed by atoms with E-state index in [0.717, 1.165) is 0 Å². The maximum absolute atomic E-state index is 10.8. The maximum atomic E-state index is 10.8. The molecular weight excluding hydrogens is 168 g/mol. The first kappa shape index (κ1) is 7.79. The van der Waals surface area contributed by atoms with Crippen LogP contribution in [0.15, 0.2) is 24.4 Å². The number of rotatable bonds is 1. The molecule has 0 fully saturated rings. The summed E-state index contributed by atoms with van der Waals surface area (Å²) in [5, 5.41) is 8.89. The van der Waals surface area contributed by atoms with Crippen LogP contribution in [0.25, 0.3) is 5.65 Å². The summed E-state index contributed by atoms with van der Waals surface area (Å²) >= 11 is 0. The van der Waals surface area contributed by atoms with Crippen molar-refractivity contribution in [3.63, 3.8) is 0 Å². The number of carboxylic acids is 1. The fourth-order valence-electron chi connectivity index (χ4n) is 1.37. The van der Waals surface area contributed by atoms with Gasteiger partial charge in [-0.15, -0.1) is 0 Å². The Bertz CT molecular complexity index is 473. The summed E-state index contributed by atoms with van der Waals surface area (Å²) in [6.07, 6.45) is 1.69. The topological polar surface area (TPSA) is 54.6 Å². The molecule has 0 aliphatic heterocycles. The van der Waals surface area contributed by atoms with E-state index in [9.17, 15) is 4.79 Å². The van der Waals surface area contributed by atoms with Crippen molar-refractivity contribution >= 4 is 11.6 Å². The fraction of sp³-hybridized carbons (Fsp3) is 0.111. The molecule has 2 heterocycles. The van der Waals surface area contributed by atoms with Gasteiger partial charge < -0.3 is 5.11 Å². The third-order valence-corrected chi connectivity index (χ3v) is 1.91. The highest BCUT2D eigenvalue weighted by atomic mass is 16.4. The molecule has 0 unspecified atom stereocenters. The zero-order chi connectivity index (χ0) is 9.42. The Balaban J connectivity index is 2.86. The fourth-order valence-corrected chi connectivity index (χ4v) is 1.37. The molecule has 0 radical (unpaired) electrons. The number of hydrogen-bond donors (Lipinski definition) is 1. The van der Waals surface area contributed by atoms with Crippen LogP contribution in [0, 0.1) is 6.92 Å². The molecule has 2 aromatic rings. The van der Waals surface area contributed by atoms with Crippen LogP contribution in [0.1, 0.15) is 16.2 Å². The predicted molar refractivity (Wildman–Crippen MR) is 46.9 cm³/mol. The number of fused-ring (bicyclic) bond motifs is 1. The molecule has 2 aromatic heterocycles. The molecule has 2 rings (SSSR count). The SMILES string of the molecule is Cc1nc2ccccn2c1C(=O)O. The van der Waals surface area contributed by atoms with E-state index in [1.807, 2.05) is 6.07 Å². The van der Waals surface area contributed by atoms with Crippen molar-refractivity contribution in [3.8, 4) is 0 Å². The molecule has 0 atom stereocenters. The van der Waals surface area contributed by atoms with Crippen LogP contribution in [0.4, 0.5) is 0 Å².